The number of hydrogen-bond acceptors (Lipinski definition) is 2. The lowest BCUT2D eigenvalue weighted by molar-refractivity contribution is -0.111. The fourth-order valence-electron chi connectivity index (χ4n) is 1.15. The summed E-state index contributed by atoms with van der Waals surface area (Å²) in [7, 11) is 0. The molecule has 66 valence electrons. The molecule has 0 aliphatic rings. The molecule has 0 aromatic rings. The monoisotopic (exact) mass is 159 g/mol. The van der Waals surface area contributed by atoms with E-state index < -0.39 is 0 Å². The van der Waals surface area contributed by atoms with Crippen LogP contribution in [0.25, 0.3) is 0 Å². The molecule has 0 fully saturated rings. The zero-order valence-electron chi connectivity index (χ0n) is 7.42. The summed E-state index contributed by atoms with van der Waals surface area (Å²) in [5.74, 6) is 0.234. The molecule has 0 radical (unpaired) electrons. The number of carbonyl (C=O) groups is 1. The Kier molecular flexibility index (Phi) is 4.11. The fraction of sp³-hybridized carbons (Fsp3) is 0.875. The standard InChI is InChI=1S/C8H17NO2/c1-7(5-10)4-8(2,3)9-6-11/h6-7,10H,4-5H2,1-3H3,(H,9,11). The van der Waals surface area contributed by atoms with Gasteiger partial charge in [0, 0.05) is 12.1 Å². The molecule has 0 spiro atoms. The third-order valence-corrected chi connectivity index (χ3v) is 1.62. The van der Waals surface area contributed by atoms with Crippen molar-refractivity contribution in [2.24, 2.45) is 5.92 Å². The highest BCUT2D eigenvalue weighted by atomic mass is 16.3. The topological polar surface area (TPSA) is 49.3 Å². The van der Waals surface area contributed by atoms with E-state index in [0.717, 1.165) is 6.42 Å². The average molecular weight is 159 g/mol. The largest absolute Gasteiger partial charge is 0.396 e. The van der Waals surface area contributed by atoms with E-state index in [-0.39, 0.29) is 18.1 Å². The highest BCUT2D eigenvalue weighted by Gasteiger charge is 2.18. The lowest BCUT2D eigenvalue weighted by Crippen LogP contribution is -2.40. The Balaban J connectivity index is 3.79. The molecule has 1 atom stereocenters. The van der Waals surface area contributed by atoms with Gasteiger partial charge in [-0.25, -0.2) is 0 Å². The minimum absolute atomic E-state index is 0.171. The summed E-state index contributed by atoms with van der Waals surface area (Å²) >= 11 is 0. The molecule has 3 nitrogen and oxygen atoms in total. The summed E-state index contributed by atoms with van der Waals surface area (Å²) in [6.07, 6.45) is 1.49. The summed E-state index contributed by atoms with van der Waals surface area (Å²) in [5.41, 5.74) is -0.204. The predicted molar refractivity (Wildman–Crippen MR) is 44.1 cm³/mol. The first-order valence-electron chi connectivity index (χ1n) is 3.84. The molecule has 1 amide bonds. The molecule has 0 aromatic heterocycles. The average Bonchev–Trinajstić information content (AvgIpc) is 1.86. The second kappa shape index (κ2) is 4.34. The van der Waals surface area contributed by atoms with E-state index in [2.05, 4.69) is 5.32 Å². The van der Waals surface area contributed by atoms with Crippen molar-refractivity contribution >= 4 is 6.41 Å². The lowest BCUT2D eigenvalue weighted by atomic mass is 9.92. The van der Waals surface area contributed by atoms with Crippen LogP contribution in [-0.2, 0) is 4.79 Å². The van der Waals surface area contributed by atoms with Gasteiger partial charge in [0.1, 0.15) is 0 Å². The number of hydrogen-bond donors (Lipinski definition) is 2. The summed E-state index contributed by atoms with van der Waals surface area (Å²) in [6.45, 7) is 6.00. The van der Waals surface area contributed by atoms with Crippen LogP contribution in [0.2, 0.25) is 0 Å². The minimum atomic E-state index is -0.204. The Morgan fingerprint density at radius 3 is 2.55 bits per heavy atom. The Morgan fingerprint density at radius 2 is 2.18 bits per heavy atom. The van der Waals surface area contributed by atoms with Crippen molar-refractivity contribution in [2.45, 2.75) is 32.7 Å². The van der Waals surface area contributed by atoms with Crippen LogP contribution in [0.5, 0.6) is 0 Å². The first-order chi connectivity index (χ1) is 5.02. The van der Waals surface area contributed by atoms with Gasteiger partial charge in [-0.2, -0.15) is 0 Å². The first kappa shape index (κ1) is 10.4. The number of aliphatic hydroxyl groups excluding tert-OH is 1. The molecule has 3 heteroatoms. The summed E-state index contributed by atoms with van der Waals surface area (Å²) < 4.78 is 0. The van der Waals surface area contributed by atoms with Gasteiger partial charge in [-0.05, 0) is 26.2 Å². The normalized spacial score (nSPS) is 14.2. The molecule has 1 unspecified atom stereocenters. The molecule has 0 heterocycles. The second-order valence-electron chi connectivity index (χ2n) is 3.64. The Bertz CT molecular complexity index is 123. The molecule has 2 N–H and O–H groups in total. The van der Waals surface area contributed by atoms with E-state index in [9.17, 15) is 4.79 Å². The number of rotatable bonds is 5. The first-order valence-corrected chi connectivity index (χ1v) is 3.84. The Morgan fingerprint density at radius 1 is 1.64 bits per heavy atom. The predicted octanol–water partition coefficient (Wildman–Crippen LogP) is 0.529. The van der Waals surface area contributed by atoms with Gasteiger partial charge in [-0.1, -0.05) is 6.92 Å². The van der Waals surface area contributed by atoms with Gasteiger partial charge in [0.15, 0.2) is 0 Å². The van der Waals surface area contributed by atoms with Crippen LogP contribution < -0.4 is 5.32 Å². The summed E-state index contributed by atoms with van der Waals surface area (Å²) in [4.78, 5) is 10.1. The molecule has 11 heavy (non-hydrogen) atoms. The molecule has 0 rings (SSSR count). The zero-order chi connectivity index (χ0) is 8.91. The number of amides is 1. The number of aliphatic hydroxyl groups is 1. The molecule has 0 aliphatic carbocycles. The van der Waals surface area contributed by atoms with Gasteiger partial charge in [0.2, 0.25) is 6.41 Å². The van der Waals surface area contributed by atoms with E-state index >= 15 is 0 Å². The molecule has 0 aliphatic heterocycles. The van der Waals surface area contributed by atoms with E-state index in [4.69, 9.17) is 5.11 Å². The number of carbonyl (C=O) groups excluding carboxylic acids is 1. The maximum absolute atomic E-state index is 10.1. The quantitative estimate of drug-likeness (QED) is 0.575. The van der Waals surface area contributed by atoms with Crippen molar-refractivity contribution < 1.29 is 9.90 Å². The van der Waals surface area contributed by atoms with Gasteiger partial charge < -0.3 is 10.4 Å². The zero-order valence-corrected chi connectivity index (χ0v) is 7.42. The highest BCUT2D eigenvalue weighted by molar-refractivity contribution is 5.47. The van der Waals surface area contributed by atoms with Crippen molar-refractivity contribution in [3.63, 3.8) is 0 Å². The third kappa shape index (κ3) is 4.79. The molecular weight excluding hydrogens is 142 g/mol. The lowest BCUT2D eigenvalue weighted by Gasteiger charge is -2.26. The Hall–Kier alpha value is -0.570. The van der Waals surface area contributed by atoms with E-state index in [0.29, 0.717) is 6.41 Å². The molecule has 0 aromatic carbocycles. The van der Waals surface area contributed by atoms with Crippen LogP contribution in [0.1, 0.15) is 27.2 Å². The maximum Gasteiger partial charge on any atom is 0.207 e. The van der Waals surface area contributed by atoms with E-state index in [1.165, 1.54) is 0 Å². The maximum atomic E-state index is 10.1. The SMILES string of the molecule is CC(CO)CC(C)(C)NC=O. The summed E-state index contributed by atoms with van der Waals surface area (Å²) in [6, 6.07) is 0. The van der Waals surface area contributed by atoms with Crippen molar-refractivity contribution in [1.29, 1.82) is 0 Å². The van der Waals surface area contributed by atoms with Crippen molar-refractivity contribution in [3.05, 3.63) is 0 Å². The van der Waals surface area contributed by atoms with Crippen LogP contribution in [0.15, 0.2) is 0 Å². The van der Waals surface area contributed by atoms with Gasteiger partial charge in [0.25, 0.3) is 0 Å². The molecule has 0 saturated carbocycles. The van der Waals surface area contributed by atoms with Crippen LogP contribution >= 0.6 is 0 Å². The van der Waals surface area contributed by atoms with Crippen molar-refractivity contribution in [1.82, 2.24) is 5.32 Å². The summed E-state index contributed by atoms with van der Waals surface area (Å²) in [5, 5.41) is 11.4. The van der Waals surface area contributed by atoms with Crippen LogP contribution in [-0.4, -0.2) is 23.7 Å². The van der Waals surface area contributed by atoms with Crippen LogP contribution in [0, 0.1) is 5.92 Å². The van der Waals surface area contributed by atoms with E-state index in [1.54, 1.807) is 0 Å². The third-order valence-electron chi connectivity index (χ3n) is 1.62. The van der Waals surface area contributed by atoms with Crippen LogP contribution in [0.3, 0.4) is 0 Å². The second-order valence-corrected chi connectivity index (χ2v) is 3.64. The van der Waals surface area contributed by atoms with Gasteiger partial charge >= 0.3 is 0 Å². The number of nitrogens with one attached hydrogen (secondary N) is 1. The Labute approximate surface area is 67.8 Å². The molecule has 0 bridgehead atoms. The van der Waals surface area contributed by atoms with Crippen molar-refractivity contribution in [3.8, 4) is 0 Å². The van der Waals surface area contributed by atoms with Crippen molar-refractivity contribution in [2.75, 3.05) is 6.61 Å². The van der Waals surface area contributed by atoms with E-state index in [1.807, 2.05) is 20.8 Å². The van der Waals surface area contributed by atoms with Gasteiger partial charge in [-0.15, -0.1) is 0 Å². The highest BCUT2D eigenvalue weighted by Crippen LogP contribution is 2.14. The van der Waals surface area contributed by atoms with Gasteiger partial charge in [0.05, 0.1) is 0 Å². The minimum Gasteiger partial charge on any atom is -0.396 e. The van der Waals surface area contributed by atoms with Crippen LogP contribution in [0.4, 0.5) is 0 Å². The molecular formula is C8H17NO2. The van der Waals surface area contributed by atoms with Gasteiger partial charge in [-0.3, -0.25) is 4.79 Å². The smallest absolute Gasteiger partial charge is 0.207 e. The fourth-order valence-corrected chi connectivity index (χ4v) is 1.15. The molecule has 0 saturated heterocycles.